The van der Waals surface area contributed by atoms with Gasteiger partial charge in [0.25, 0.3) is 0 Å². The molecule has 3 heterocycles. The van der Waals surface area contributed by atoms with Gasteiger partial charge in [0.15, 0.2) is 0 Å². The molecular weight excluding hydrogens is 881 g/mol. The fourth-order valence-corrected chi connectivity index (χ4v) is 10.1. The van der Waals surface area contributed by atoms with Crippen molar-refractivity contribution in [2.24, 2.45) is 0 Å². The molecule has 72 heavy (non-hydrogen) atoms. The lowest BCUT2D eigenvalue weighted by molar-refractivity contribution is 1.09. The fourth-order valence-electron chi connectivity index (χ4n) is 10.1. The van der Waals surface area contributed by atoms with E-state index in [1.54, 1.807) is 36.7 Å². The summed E-state index contributed by atoms with van der Waals surface area (Å²) in [5, 5.41) is 54.9. The quantitative estimate of drug-likeness (QED) is 0.156. The number of nitriles is 5. The molecule has 0 saturated heterocycles. The average Bonchev–Trinajstić information content (AvgIpc) is 3.95. The number of pyridine rings is 1. The predicted octanol–water partition coefficient (Wildman–Crippen LogP) is 15.0. The molecular formula is C64H34N8. The van der Waals surface area contributed by atoms with Gasteiger partial charge in [-0.15, -0.1) is 0 Å². The minimum Gasteiger partial charge on any atom is -0.307 e. The van der Waals surface area contributed by atoms with Gasteiger partial charge in [-0.2, -0.15) is 26.3 Å². The Bertz CT molecular complexity index is 4230. The first kappa shape index (κ1) is 42.5. The Labute approximate surface area is 413 Å². The Hall–Kier alpha value is -10.8. The van der Waals surface area contributed by atoms with Gasteiger partial charge in [0.05, 0.1) is 91.6 Å². The van der Waals surface area contributed by atoms with Crippen LogP contribution in [0, 0.1) is 56.7 Å². The molecule has 12 rings (SSSR count). The van der Waals surface area contributed by atoms with Crippen LogP contribution in [-0.4, -0.2) is 14.1 Å². The molecule has 12 aromatic rings. The zero-order valence-corrected chi connectivity index (χ0v) is 38.2. The highest BCUT2D eigenvalue weighted by atomic mass is 15.1. The van der Waals surface area contributed by atoms with Crippen molar-refractivity contribution in [1.29, 1.82) is 26.3 Å². The lowest BCUT2D eigenvalue weighted by Crippen LogP contribution is -2.06. The van der Waals surface area contributed by atoms with Crippen LogP contribution in [0.25, 0.3) is 111 Å². The zero-order valence-electron chi connectivity index (χ0n) is 38.2. The largest absolute Gasteiger partial charge is 0.307 e. The zero-order chi connectivity index (χ0) is 48.9. The molecule has 0 spiro atoms. The van der Waals surface area contributed by atoms with Gasteiger partial charge in [0.1, 0.15) is 0 Å². The van der Waals surface area contributed by atoms with Gasteiger partial charge in [-0.3, -0.25) is 4.98 Å². The molecule has 0 atom stereocenters. The Morgan fingerprint density at radius 1 is 0.306 bits per heavy atom. The second kappa shape index (κ2) is 17.4. The van der Waals surface area contributed by atoms with Crippen molar-refractivity contribution in [3.63, 3.8) is 0 Å². The SMILES string of the molecule is N#Cc1cccc(-c2ccc3c4ccc(-c5cccc(C#N)c5)cc4n(-c4cc(C#N)c(-c5cccnc5)cc4-n4c5cc(-c6cccc(C#N)c6)ccc5c5ccc(-c6cccc(C#N)c6)cc54)c3c2)c1. The van der Waals surface area contributed by atoms with Crippen LogP contribution in [0.15, 0.2) is 207 Å². The van der Waals surface area contributed by atoms with Gasteiger partial charge in [-0.1, -0.05) is 103 Å². The lowest BCUT2D eigenvalue weighted by Gasteiger charge is -2.20. The van der Waals surface area contributed by atoms with Crippen LogP contribution in [0.1, 0.15) is 27.8 Å². The summed E-state index contributed by atoms with van der Waals surface area (Å²) in [6.07, 6.45) is 3.49. The maximum absolute atomic E-state index is 11.2. The third kappa shape index (κ3) is 7.17. The normalized spacial score (nSPS) is 11.0. The fraction of sp³-hybridized carbons (Fsp3) is 0. The average molecular weight is 915 g/mol. The second-order valence-corrected chi connectivity index (χ2v) is 17.6. The topological polar surface area (TPSA) is 142 Å². The molecule has 0 saturated carbocycles. The number of rotatable bonds is 7. The highest BCUT2D eigenvalue weighted by Crippen LogP contribution is 2.44. The van der Waals surface area contributed by atoms with Gasteiger partial charge in [0, 0.05) is 45.1 Å². The summed E-state index contributed by atoms with van der Waals surface area (Å²) in [4.78, 5) is 4.50. The van der Waals surface area contributed by atoms with Gasteiger partial charge in [-0.05, 0) is 136 Å². The van der Waals surface area contributed by atoms with Gasteiger partial charge >= 0.3 is 0 Å². The van der Waals surface area contributed by atoms with Crippen molar-refractivity contribution in [2.75, 3.05) is 0 Å². The molecule has 0 fully saturated rings. The molecule has 0 aliphatic carbocycles. The van der Waals surface area contributed by atoms with E-state index in [4.69, 9.17) is 0 Å². The maximum atomic E-state index is 11.2. The molecule has 9 aromatic carbocycles. The van der Waals surface area contributed by atoms with Gasteiger partial charge < -0.3 is 9.13 Å². The molecule has 3 aromatic heterocycles. The molecule has 0 aliphatic rings. The molecule has 330 valence electrons. The van der Waals surface area contributed by atoms with Crippen molar-refractivity contribution < 1.29 is 0 Å². The standard InChI is InChI=1S/C64H34N8/c65-34-40-6-1-10-44(24-40)48-15-19-54-55-20-16-49(45-11-2-7-41(25-45)35-66)29-60(55)71(59(54)28-48)63-32-53(38-69)58(52-14-5-23-70-39-52)33-64(63)72-61-30-50(46-12-3-8-42(26-46)36-67)17-21-56(61)57-22-18-51(31-62(57)72)47-13-4-9-43(27-47)37-68/h1-33,39H. The van der Waals surface area contributed by atoms with Crippen molar-refractivity contribution in [3.8, 4) is 97.4 Å². The first-order chi connectivity index (χ1) is 35.4. The van der Waals surface area contributed by atoms with Crippen LogP contribution in [0.2, 0.25) is 0 Å². The second-order valence-electron chi connectivity index (χ2n) is 17.6. The molecule has 0 unspecified atom stereocenters. The van der Waals surface area contributed by atoms with Crippen molar-refractivity contribution in [1.82, 2.24) is 14.1 Å². The molecule has 0 radical (unpaired) electrons. The molecule has 0 aliphatic heterocycles. The summed E-state index contributed by atoms with van der Waals surface area (Å²) in [6, 6.07) is 75.5. The predicted molar refractivity (Wildman–Crippen MR) is 284 cm³/mol. The summed E-state index contributed by atoms with van der Waals surface area (Å²) >= 11 is 0. The molecule has 0 amide bonds. The monoisotopic (exact) mass is 914 g/mol. The summed E-state index contributed by atoms with van der Waals surface area (Å²) in [5.41, 5.74) is 16.3. The van der Waals surface area contributed by atoms with Crippen LogP contribution in [-0.2, 0) is 0 Å². The van der Waals surface area contributed by atoms with E-state index in [2.05, 4.69) is 123 Å². The minimum absolute atomic E-state index is 0.441. The van der Waals surface area contributed by atoms with Crippen LogP contribution < -0.4 is 0 Å². The summed E-state index contributed by atoms with van der Waals surface area (Å²) in [6.45, 7) is 0. The molecule has 0 N–H and O–H groups in total. The van der Waals surface area contributed by atoms with Crippen molar-refractivity contribution in [3.05, 3.63) is 234 Å². The highest BCUT2D eigenvalue weighted by Gasteiger charge is 2.24. The Morgan fingerprint density at radius 3 is 0.958 bits per heavy atom. The van der Waals surface area contributed by atoms with E-state index in [0.717, 1.165) is 105 Å². The van der Waals surface area contributed by atoms with E-state index in [1.165, 1.54) is 0 Å². The lowest BCUT2D eigenvalue weighted by atomic mass is 9.99. The molecule has 8 heteroatoms. The number of benzene rings is 9. The van der Waals surface area contributed by atoms with Gasteiger partial charge in [0.2, 0.25) is 0 Å². The summed E-state index contributed by atoms with van der Waals surface area (Å²) < 4.78 is 4.51. The number of aromatic nitrogens is 3. The highest BCUT2D eigenvalue weighted by molar-refractivity contribution is 6.14. The van der Waals surface area contributed by atoms with E-state index in [1.807, 2.05) is 91.0 Å². The Morgan fingerprint density at radius 2 is 0.639 bits per heavy atom. The summed E-state index contributed by atoms with van der Waals surface area (Å²) in [5.74, 6) is 0. The number of fused-ring (bicyclic) bond motifs is 6. The van der Waals surface area contributed by atoms with E-state index >= 15 is 0 Å². The summed E-state index contributed by atoms with van der Waals surface area (Å²) in [7, 11) is 0. The van der Waals surface area contributed by atoms with Crippen molar-refractivity contribution in [2.45, 2.75) is 0 Å². The maximum Gasteiger partial charge on any atom is 0.0999 e. The van der Waals surface area contributed by atoms with Crippen LogP contribution in [0.3, 0.4) is 0 Å². The van der Waals surface area contributed by atoms with Crippen molar-refractivity contribution >= 4 is 43.6 Å². The van der Waals surface area contributed by atoms with E-state index in [0.29, 0.717) is 33.4 Å². The van der Waals surface area contributed by atoms with Gasteiger partial charge in [-0.25, -0.2) is 0 Å². The van der Waals surface area contributed by atoms with E-state index in [9.17, 15) is 26.3 Å². The third-order valence-electron chi connectivity index (χ3n) is 13.5. The van der Waals surface area contributed by atoms with E-state index < -0.39 is 0 Å². The van der Waals surface area contributed by atoms with Crippen LogP contribution in [0.5, 0.6) is 0 Å². The Kier molecular flexibility index (Phi) is 10.3. The van der Waals surface area contributed by atoms with Crippen LogP contribution >= 0.6 is 0 Å². The Balaban J connectivity index is 1.25. The van der Waals surface area contributed by atoms with E-state index in [-0.39, 0.29) is 0 Å². The number of hydrogen-bond donors (Lipinski definition) is 0. The number of hydrogen-bond acceptors (Lipinski definition) is 6. The van der Waals surface area contributed by atoms with Crippen LogP contribution in [0.4, 0.5) is 0 Å². The minimum atomic E-state index is 0.441. The first-order valence-electron chi connectivity index (χ1n) is 23.1. The third-order valence-corrected chi connectivity index (χ3v) is 13.5. The molecule has 8 nitrogen and oxygen atoms in total. The smallest absolute Gasteiger partial charge is 0.0999 e. The number of nitrogens with zero attached hydrogens (tertiary/aromatic N) is 8. The first-order valence-corrected chi connectivity index (χ1v) is 23.1. The molecule has 0 bridgehead atoms.